The molecule has 3 nitrogen and oxygen atoms in total. The molecule has 0 saturated carbocycles. The maximum Gasteiger partial charge on any atom is 0.133 e. The van der Waals surface area contributed by atoms with Crippen LogP contribution in [0.3, 0.4) is 0 Å². The third-order valence-electron chi connectivity index (χ3n) is 3.37. The first kappa shape index (κ1) is 14.8. The molecular formula is C15H23BrN2O. The zero-order chi connectivity index (χ0) is 13.5. The molecule has 2 rings (SSSR count). The van der Waals surface area contributed by atoms with Crippen LogP contribution in [-0.2, 0) is 6.54 Å². The second-order valence-corrected chi connectivity index (χ2v) is 5.85. The molecule has 1 heterocycles. The Bertz CT molecular complexity index is 392. The van der Waals surface area contributed by atoms with Gasteiger partial charge in [-0.15, -0.1) is 0 Å². The zero-order valence-electron chi connectivity index (χ0n) is 11.6. The summed E-state index contributed by atoms with van der Waals surface area (Å²) >= 11 is 3.61. The summed E-state index contributed by atoms with van der Waals surface area (Å²) in [6.07, 6.45) is 2.27. The number of piperazine rings is 1. The minimum Gasteiger partial charge on any atom is -0.492 e. The quantitative estimate of drug-likeness (QED) is 0.813. The van der Waals surface area contributed by atoms with E-state index >= 15 is 0 Å². The van der Waals surface area contributed by atoms with Crippen LogP contribution in [-0.4, -0.2) is 37.7 Å². The molecule has 106 valence electrons. The normalized spacial score (nSPS) is 16.5. The van der Waals surface area contributed by atoms with Gasteiger partial charge >= 0.3 is 0 Å². The molecule has 0 spiro atoms. The highest BCUT2D eigenvalue weighted by molar-refractivity contribution is 9.10. The molecule has 1 aromatic carbocycles. The number of hydrogen-bond acceptors (Lipinski definition) is 3. The SMILES string of the molecule is CCCCOc1ccc(CN2CCNCC2)cc1Br. The molecule has 0 unspecified atom stereocenters. The average molecular weight is 327 g/mol. The Hall–Kier alpha value is -0.580. The largest absolute Gasteiger partial charge is 0.492 e. The number of ether oxygens (including phenoxy) is 1. The molecule has 1 fully saturated rings. The van der Waals surface area contributed by atoms with Gasteiger partial charge in [0.25, 0.3) is 0 Å². The second kappa shape index (κ2) is 7.88. The van der Waals surface area contributed by atoms with Crippen LogP contribution < -0.4 is 10.1 Å². The van der Waals surface area contributed by atoms with Crippen LogP contribution in [0.15, 0.2) is 22.7 Å². The van der Waals surface area contributed by atoms with Crippen molar-refractivity contribution in [2.24, 2.45) is 0 Å². The summed E-state index contributed by atoms with van der Waals surface area (Å²) in [5.74, 6) is 0.956. The maximum atomic E-state index is 5.75. The summed E-state index contributed by atoms with van der Waals surface area (Å²) in [7, 11) is 0. The summed E-state index contributed by atoms with van der Waals surface area (Å²) in [6.45, 7) is 8.45. The molecule has 1 N–H and O–H groups in total. The average Bonchev–Trinajstić information content (AvgIpc) is 2.43. The first-order chi connectivity index (χ1) is 9.29. The highest BCUT2D eigenvalue weighted by Gasteiger charge is 2.11. The van der Waals surface area contributed by atoms with Gasteiger partial charge in [0.1, 0.15) is 5.75 Å². The van der Waals surface area contributed by atoms with E-state index < -0.39 is 0 Å². The third kappa shape index (κ3) is 4.79. The Balaban J connectivity index is 1.90. The van der Waals surface area contributed by atoms with Gasteiger partial charge in [0.2, 0.25) is 0 Å². The van der Waals surface area contributed by atoms with Gasteiger partial charge in [-0.2, -0.15) is 0 Å². The van der Waals surface area contributed by atoms with E-state index in [1.54, 1.807) is 0 Å². The van der Waals surface area contributed by atoms with Gasteiger partial charge in [-0.05, 0) is 40.0 Å². The van der Waals surface area contributed by atoms with Crippen molar-refractivity contribution >= 4 is 15.9 Å². The molecule has 1 aliphatic rings. The first-order valence-electron chi connectivity index (χ1n) is 7.14. The molecule has 0 amide bonds. The topological polar surface area (TPSA) is 24.5 Å². The standard InChI is InChI=1S/C15H23BrN2O/c1-2-3-10-19-15-5-4-13(11-14(15)16)12-18-8-6-17-7-9-18/h4-5,11,17H,2-3,6-10,12H2,1H3. The van der Waals surface area contributed by atoms with Gasteiger partial charge in [0.05, 0.1) is 11.1 Å². The summed E-state index contributed by atoms with van der Waals surface area (Å²) in [4.78, 5) is 2.48. The lowest BCUT2D eigenvalue weighted by atomic mass is 10.2. The lowest BCUT2D eigenvalue weighted by Gasteiger charge is -2.27. The van der Waals surface area contributed by atoms with Crippen molar-refractivity contribution < 1.29 is 4.74 Å². The fourth-order valence-corrected chi connectivity index (χ4v) is 2.75. The lowest BCUT2D eigenvalue weighted by molar-refractivity contribution is 0.233. The van der Waals surface area contributed by atoms with Gasteiger partial charge in [-0.3, -0.25) is 4.90 Å². The Morgan fingerprint density at radius 2 is 2.11 bits per heavy atom. The number of nitrogens with one attached hydrogen (secondary N) is 1. The number of benzene rings is 1. The van der Waals surface area contributed by atoms with Gasteiger partial charge in [0, 0.05) is 32.7 Å². The van der Waals surface area contributed by atoms with Crippen molar-refractivity contribution in [3.05, 3.63) is 28.2 Å². The Morgan fingerprint density at radius 3 is 2.79 bits per heavy atom. The van der Waals surface area contributed by atoms with Crippen molar-refractivity contribution in [1.82, 2.24) is 10.2 Å². The van der Waals surface area contributed by atoms with Gasteiger partial charge < -0.3 is 10.1 Å². The van der Waals surface area contributed by atoms with E-state index in [9.17, 15) is 0 Å². The van der Waals surface area contributed by atoms with Crippen molar-refractivity contribution in [2.45, 2.75) is 26.3 Å². The lowest BCUT2D eigenvalue weighted by Crippen LogP contribution is -2.42. The molecule has 0 atom stereocenters. The smallest absolute Gasteiger partial charge is 0.133 e. The Labute approximate surface area is 124 Å². The molecule has 4 heteroatoms. The molecule has 0 radical (unpaired) electrons. The highest BCUT2D eigenvalue weighted by Crippen LogP contribution is 2.26. The van der Waals surface area contributed by atoms with Crippen molar-refractivity contribution in [2.75, 3.05) is 32.8 Å². The van der Waals surface area contributed by atoms with Gasteiger partial charge in [0.15, 0.2) is 0 Å². The predicted molar refractivity (Wildman–Crippen MR) is 82.7 cm³/mol. The van der Waals surface area contributed by atoms with Crippen LogP contribution in [0, 0.1) is 0 Å². The fraction of sp³-hybridized carbons (Fsp3) is 0.600. The van der Waals surface area contributed by atoms with E-state index in [0.717, 1.165) is 56.0 Å². The van der Waals surface area contributed by atoms with Crippen LogP contribution in [0.5, 0.6) is 5.75 Å². The van der Waals surface area contributed by atoms with Crippen molar-refractivity contribution in [1.29, 1.82) is 0 Å². The van der Waals surface area contributed by atoms with E-state index in [-0.39, 0.29) is 0 Å². The monoisotopic (exact) mass is 326 g/mol. The van der Waals surface area contributed by atoms with E-state index in [1.807, 2.05) is 0 Å². The molecule has 19 heavy (non-hydrogen) atoms. The van der Waals surface area contributed by atoms with E-state index in [0.29, 0.717) is 0 Å². The van der Waals surface area contributed by atoms with Crippen LogP contribution in [0.4, 0.5) is 0 Å². The summed E-state index contributed by atoms with van der Waals surface area (Å²) in [5.41, 5.74) is 1.34. The minimum atomic E-state index is 0.798. The van der Waals surface area contributed by atoms with Crippen molar-refractivity contribution in [3.63, 3.8) is 0 Å². The number of unbranched alkanes of at least 4 members (excludes halogenated alkanes) is 1. The molecule has 1 saturated heterocycles. The summed E-state index contributed by atoms with van der Waals surface area (Å²) < 4.78 is 6.82. The zero-order valence-corrected chi connectivity index (χ0v) is 13.2. The van der Waals surface area contributed by atoms with Crippen LogP contribution in [0.25, 0.3) is 0 Å². The molecular weight excluding hydrogens is 304 g/mol. The van der Waals surface area contributed by atoms with Gasteiger partial charge in [-0.1, -0.05) is 19.4 Å². The molecule has 1 aliphatic heterocycles. The first-order valence-corrected chi connectivity index (χ1v) is 7.93. The molecule has 0 aromatic heterocycles. The Kier molecular flexibility index (Phi) is 6.14. The highest BCUT2D eigenvalue weighted by atomic mass is 79.9. The number of halogens is 1. The minimum absolute atomic E-state index is 0.798. The molecule has 0 bridgehead atoms. The third-order valence-corrected chi connectivity index (χ3v) is 3.99. The number of nitrogens with zero attached hydrogens (tertiary/aromatic N) is 1. The second-order valence-electron chi connectivity index (χ2n) is 4.99. The fourth-order valence-electron chi connectivity index (χ4n) is 2.21. The van der Waals surface area contributed by atoms with E-state index in [1.165, 1.54) is 12.0 Å². The van der Waals surface area contributed by atoms with Gasteiger partial charge in [-0.25, -0.2) is 0 Å². The predicted octanol–water partition coefficient (Wildman–Crippen LogP) is 3.03. The van der Waals surface area contributed by atoms with E-state index in [4.69, 9.17) is 4.74 Å². The number of rotatable bonds is 6. The molecule has 0 aliphatic carbocycles. The Morgan fingerprint density at radius 1 is 1.32 bits per heavy atom. The van der Waals surface area contributed by atoms with Crippen molar-refractivity contribution in [3.8, 4) is 5.75 Å². The summed E-state index contributed by atoms with van der Waals surface area (Å²) in [5, 5.41) is 3.38. The van der Waals surface area contributed by atoms with Crippen LogP contribution in [0.1, 0.15) is 25.3 Å². The van der Waals surface area contributed by atoms with E-state index in [2.05, 4.69) is 51.3 Å². The van der Waals surface area contributed by atoms with Crippen LogP contribution >= 0.6 is 15.9 Å². The maximum absolute atomic E-state index is 5.75. The number of hydrogen-bond donors (Lipinski definition) is 1. The molecule has 1 aromatic rings. The summed E-state index contributed by atoms with van der Waals surface area (Å²) in [6, 6.07) is 6.44. The van der Waals surface area contributed by atoms with Crippen LogP contribution in [0.2, 0.25) is 0 Å².